The number of thiazole rings is 1. The Morgan fingerprint density at radius 1 is 1.03 bits per heavy atom. The molecule has 2 aromatic rings. The van der Waals surface area contributed by atoms with Crippen molar-refractivity contribution in [1.82, 2.24) is 15.2 Å². The molecule has 6 heteroatoms. The van der Waals surface area contributed by atoms with E-state index < -0.39 is 0 Å². The quantitative estimate of drug-likeness (QED) is 0.378. The number of carbonyl (C=O) groups excluding carboxylic acids is 2. The number of hydrogen-bond acceptors (Lipinski definition) is 4. The van der Waals surface area contributed by atoms with Gasteiger partial charge in [-0.1, -0.05) is 66.0 Å². The fourth-order valence-corrected chi connectivity index (χ4v) is 4.24. The lowest BCUT2D eigenvalue weighted by molar-refractivity contribution is 0.0722. The summed E-state index contributed by atoms with van der Waals surface area (Å²) in [7, 11) is 0. The smallest absolute Gasteiger partial charge is 0.270 e. The number of nitrogens with one attached hydrogen (secondary N) is 1. The van der Waals surface area contributed by atoms with Crippen molar-refractivity contribution in [3.05, 3.63) is 51.5 Å². The van der Waals surface area contributed by atoms with Gasteiger partial charge in [0, 0.05) is 24.0 Å². The van der Waals surface area contributed by atoms with Gasteiger partial charge in [-0.3, -0.25) is 9.59 Å². The largest absolute Gasteiger partial charge is 0.350 e. The van der Waals surface area contributed by atoms with Crippen LogP contribution < -0.4 is 5.32 Å². The minimum Gasteiger partial charge on any atom is -0.350 e. The Bertz CT molecular complexity index is 843. The Morgan fingerprint density at radius 3 is 2.38 bits per heavy atom. The zero-order chi connectivity index (χ0) is 23.5. The van der Waals surface area contributed by atoms with Gasteiger partial charge >= 0.3 is 0 Å². The zero-order valence-corrected chi connectivity index (χ0v) is 21.1. The fraction of sp³-hybridized carbons (Fsp3) is 0.577. The van der Waals surface area contributed by atoms with Crippen LogP contribution in [-0.2, 0) is 13.0 Å². The first kappa shape index (κ1) is 26.0. The Morgan fingerprint density at radius 2 is 1.75 bits per heavy atom. The zero-order valence-electron chi connectivity index (χ0n) is 20.3. The normalized spacial score (nSPS) is 11.2. The highest BCUT2D eigenvalue weighted by Crippen LogP contribution is 2.17. The Balaban J connectivity index is 2.03. The van der Waals surface area contributed by atoms with E-state index in [1.165, 1.54) is 42.6 Å². The van der Waals surface area contributed by atoms with E-state index in [9.17, 15) is 9.59 Å². The maximum absolute atomic E-state index is 13.2. The number of unbranched alkanes of at least 4 members (excludes halogenated alkanes) is 3. The molecular weight excluding hydrogens is 418 g/mol. The SMILES string of the molecule is CCCCCCc1ccc(C(=O)N(Cc2nc(C(=O)NCC(C)C)cs2)CC(C)C)cc1. The highest BCUT2D eigenvalue weighted by molar-refractivity contribution is 7.09. The van der Waals surface area contributed by atoms with E-state index in [0.29, 0.717) is 42.7 Å². The van der Waals surface area contributed by atoms with Gasteiger partial charge in [-0.15, -0.1) is 11.3 Å². The van der Waals surface area contributed by atoms with Gasteiger partial charge in [0.1, 0.15) is 10.7 Å². The molecule has 0 radical (unpaired) electrons. The van der Waals surface area contributed by atoms with E-state index in [0.717, 1.165) is 11.4 Å². The van der Waals surface area contributed by atoms with Crippen molar-refractivity contribution in [2.45, 2.75) is 73.3 Å². The van der Waals surface area contributed by atoms with Gasteiger partial charge in [-0.25, -0.2) is 4.98 Å². The molecule has 2 amide bonds. The van der Waals surface area contributed by atoms with Crippen molar-refractivity contribution in [2.24, 2.45) is 11.8 Å². The van der Waals surface area contributed by atoms with E-state index >= 15 is 0 Å². The third kappa shape index (κ3) is 8.73. The van der Waals surface area contributed by atoms with Crippen LogP contribution >= 0.6 is 11.3 Å². The molecule has 1 heterocycles. The number of aryl methyl sites for hydroxylation is 1. The van der Waals surface area contributed by atoms with Gasteiger partial charge in [-0.05, 0) is 42.4 Å². The maximum Gasteiger partial charge on any atom is 0.270 e. The second-order valence-electron chi connectivity index (χ2n) is 9.32. The summed E-state index contributed by atoms with van der Waals surface area (Å²) in [6, 6.07) is 8.04. The number of benzene rings is 1. The standard InChI is InChI=1S/C26H39N3O2S/c1-6-7-8-9-10-21-11-13-22(14-12-21)26(31)29(16-20(4)5)17-24-28-23(18-32-24)25(30)27-15-19(2)3/h11-14,18-20H,6-10,15-17H2,1-5H3,(H,27,30). The van der Waals surface area contributed by atoms with Crippen LogP contribution in [-0.4, -0.2) is 34.8 Å². The second-order valence-corrected chi connectivity index (χ2v) is 10.3. The van der Waals surface area contributed by atoms with Crippen molar-refractivity contribution in [3.8, 4) is 0 Å². The summed E-state index contributed by atoms with van der Waals surface area (Å²) >= 11 is 1.43. The molecule has 2 rings (SSSR count). The predicted molar refractivity (Wildman–Crippen MR) is 133 cm³/mol. The Labute approximate surface area is 197 Å². The summed E-state index contributed by atoms with van der Waals surface area (Å²) in [5, 5.41) is 5.45. The number of nitrogens with zero attached hydrogens (tertiary/aromatic N) is 2. The molecule has 32 heavy (non-hydrogen) atoms. The first-order chi connectivity index (χ1) is 15.3. The molecule has 5 nitrogen and oxygen atoms in total. The third-order valence-corrected chi connectivity index (χ3v) is 6.01. The van der Waals surface area contributed by atoms with Gasteiger partial charge in [0.2, 0.25) is 0 Å². The van der Waals surface area contributed by atoms with Crippen LogP contribution in [0, 0.1) is 11.8 Å². The van der Waals surface area contributed by atoms with Crippen LogP contribution in [0.5, 0.6) is 0 Å². The maximum atomic E-state index is 13.2. The van der Waals surface area contributed by atoms with Gasteiger partial charge in [0.25, 0.3) is 11.8 Å². The molecule has 0 saturated carbocycles. The molecule has 0 aliphatic heterocycles. The summed E-state index contributed by atoms with van der Waals surface area (Å²) < 4.78 is 0. The van der Waals surface area contributed by atoms with Crippen LogP contribution in [0.25, 0.3) is 0 Å². The molecule has 1 aromatic heterocycles. The first-order valence-corrected chi connectivity index (χ1v) is 12.8. The molecule has 0 unspecified atom stereocenters. The number of aromatic nitrogens is 1. The number of amides is 2. The number of carbonyl (C=O) groups is 2. The lowest BCUT2D eigenvalue weighted by atomic mass is 10.0. The van der Waals surface area contributed by atoms with E-state index in [1.54, 1.807) is 5.38 Å². The van der Waals surface area contributed by atoms with Crippen LogP contribution in [0.4, 0.5) is 0 Å². The minimum atomic E-state index is -0.155. The highest BCUT2D eigenvalue weighted by atomic mass is 32.1. The summed E-state index contributed by atoms with van der Waals surface area (Å²) in [5.41, 5.74) is 2.41. The molecule has 0 bridgehead atoms. The molecule has 1 aromatic carbocycles. The lowest BCUT2D eigenvalue weighted by Gasteiger charge is -2.24. The monoisotopic (exact) mass is 457 g/mol. The lowest BCUT2D eigenvalue weighted by Crippen LogP contribution is -2.34. The summed E-state index contributed by atoms with van der Waals surface area (Å²) in [6.07, 6.45) is 6.02. The predicted octanol–water partition coefficient (Wildman–Crippen LogP) is 5.95. The minimum absolute atomic E-state index is 0.0113. The Hall–Kier alpha value is -2.21. The number of rotatable bonds is 13. The van der Waals surface area contributed by atoms with Crippen molar-refractivity contribution in [3.63, 3.8) is 0 Å². The topological polar surface area (TPSA) is 62.3 Å². The molecule has 0 aliphatic carbocycles. The van der Waals surface area contributed by atoms with E-state index in [-0.39, 0.29) is 11.8 Å². The molecule has 176 valence electrons. The molecule has 0 spiro atoms. The van der Waals surface area contributed by atoms with Crippen molar-refractivity contribution in [2.75, 3.05) is 13.1 Å². The van der Waals surface area contributed by atoms with Gasteiger partial charge in [0.05, 0.1) is 6.54 Å². The molecule has 0 atom stereocenters. The molecule has 0 saturated heterocycles. The van der Waals surface area contributed by atoms with Crippen LogP contribution in [0.1, 0.15) is 91.7 Å². The Kier molecular flexibility index (Phi) is 10.9. The van der Waals surface area contributed by atoms with E-state index in [1.807, 2.05) is 17.0 Å². The van der Waals surface area contributed by atoms with Crippen molar-refractivity contribution in [1.29, 1.82) is 0 Å². The number of hydrogen-bond donors (Lipinski definition) is 1. The second kappa shape index (κ2) is 13.4. The molecule has 0 aliphatic rings. The highest BCUT2D eigenvalue weighted by Gasteiger charge is 2.20. The third-order valence-electron chi connectivity index (χ3n) is 5.17. The summed E-state index contributed by atoms with van der Waals surface area (Å²) in [6.45, 7) is 12.2. The van der Waals surface area contributed by atoms with Crippen LogP contribution in [0.3, 0.4) is 0 Å². The van der Waals surface area contributed by atoms with Crippen LogP contribution in [0.2, 0.25) is 0 Å². The average Bonchev–Trinajstić information content (AvgIpc) is 3.23. The summed E-state index contributed by atoms with van der Waals surface area (Å²) in [5.74, 6) is 0.583. The van der Waals surface area contributed by atoms with Crippen LogP contribution in [0.15, 0.2) is 29.6 Å². The molecule has 0 fully saturated rings. The summed E-state index contributed by atoms with van der Waals surface area (Å²) in [4.78, 5) is 31.8. The van der Waals surface area contributed by atoms with E-state index in [4.69, 9.17) is 0 Å². The van der Waals surface area contributed by atoms with Gasteiger partial charge in [-0.2, -0.15) is 0 Å². The molecule has 1 N–H and O–H groups in total. The van der Waals surface area contributed by atoms with Gasteiger partial charge in [0.15, 0.2) is 0 Å². The molecular formula is C26H39N3O2S. The van der Waals surface area contributed by atoms with Crippen molar-refractivity contribution >= 4 is 23.2 Å². The average molecular weight is 458 g/mol. The van der Waals surface area contributed by atoms with Gasteiger partial charge < -0.3 is 10.2 Å². The first-order valence-electron chi connectivity index (χ1n) is 11.9. The van der Waals surface area contributed by atoms with Crippen molar-refractivity contribution < 1.29 is 9.59 Å². The fourth-order valence-electron chi connectivity index (χ4n) is 3.45. The van der Waals surface area contributed by atoms with E-state index in [2.05, 4.69) is 57.1 Å².